The van der Waals surface area contributed by atoms with Crippen LogP contribution in [0.15, 0.2) is 23.2 Å². The molecule has 2 heterocycles. The van der Waals surface area contributed by atoms with Crippen LogP contribution in [0.3, 0.4) is 0 Å². The van der Waals surface area contributed by atoms with Crippen LogP contribution in [-0.4, -0.2) is 88.2 Å². The molecule has 168 valence electrons. The summed E-state index contributed by atoms with van der Waals surface area (Å²) in [6, 6.07) is 6.63. The minimum Gasteiger partial charge on any atom is -0.381 e. The third kappa shape index (κ3) is 6.73. The standard InChI is InChI=1S/C22H35N5O2.HI/c1-17-5-6-18(2)20(13-17)26-8-10-27(11-9-26)22(24-15-21(28)25(3)4)23-14-19-7-12-29-16-19;/h5-6,13,19H,7-12,14-16H2,1-4H3,(H,23,24);1H. The third-order valence-electron chi connectivity index (χ3n) is 5.72. The van der Waals surface area contributed by atoms with Gasteiger partial charge in [-0.2, -0.15) is 0 Å². The second-order valence-electron chi connectivity index (χ2n) is 8.30. The zero-order valence-corrected chi connectivity index (χ0v) is 21.0. The van der Waals surface area contributed by atoms with E-state index in [-0.39, 0.29) is 36.4 Å². The van der Waals surface area contributed by atoms with E-state index in [0.29, 0.717) is 5.92 Å². The molecule has 1 N–H and O–H groups in total. The highest BCUT2D eigenvalue weighted by Crippen LogP contribution is 2.23. The Kier molecular flexibility index (Phi) is 9.67. The quantitative estimate of drug-likeness (QED) is 0.360. The Morgan fingerprint density at radius 3 is 2.60 bits per heavy atom. The lowest BCUT2D eigenvalue weighted by Crippen LogP contribution is -2.53. The number of likely N-dealkylation sites (N-methyl/N-ethyl adjacent to an activating group) is 1. The van der Waals surface area contributed by atoms with Gasteiger partial charge in [0.15, 0.2) is 5.96 Å². The highest BCUT2D eigenvalue weighted by atomic mass is 127. The lowest BCUT2D eigenvalue weighted by atomic mass is 10.1. The highest BCUT2D eigenvalue weighted by Gasteiger charge is 2.23. The maximum Gasteiger partial charge on any atom is 0.243 e. The number of carbonyl (C=O) groups excluding carboxylic acids is 1. The first-order chi connectivity index (χ1) is 13.9. The van der Waals surface area contributed by atoms with Gasteiger partial charge in [-0.05, 0) is 37.5 Å². The van der Waals surface area contributed by atoms with Crippen molar-refractivity contribution in [3.8, 4) is 0 Å². The predicted octanol–water partition coefficient (Wildman–Crippen LogP) is 2.11. The van der Waals surface area contributed by atoms with Crippen molar-refractivity contribution in [2.75, 3.05) is 71.5 Å². The van der Waals surface area contributed by atoms with Gasteiger partial charge in [0.2, 0.25) is 5.91 Å². The molecule has 3 rings (SSSR count). The largest absolute Gasteiger partial charge is 0.381 e. The Labute approximate surface area is 197 Å². The number of amides is 1. The molecule has 0 bridgehead atoms. The molecule has 0 spiro atoms. The summed E-state index contributed by atoms with van der Waals surface area (Å²) in [4.78, 5) is 23.0. The summed E-state index contributed by atoms with van der Waals surface area (Å²) < 4.78 is 5.49. The fraction of sp³-hybridized carbons (Fsp3) is 0.636. The summed E-state index contributed by atoms with van der Waals surface area (Å²) >= 11 is 0. The Hall–Kier alpha value is -1.55. The average molecular weight is 529 g/mol. The van der Waals surface area contributed by atoms with Crippen LogP contribution in [0.2, 0.25) is 0 Å². The molecule has 2 fully saturated rings. The van der Waals surface area contributed by atoms with Gasteiger partial charge in [0.25, 0.3) is 0 Å². The number of carbonyl (C=O) groups is 1. The van der Waals surface area contributed by atoms with E-state index < -0.39 is 0 Å². The van der Waals surface area contributed by atoms with Gasteiger partial charge in [-0.15, -0.1) is 24.0 Å². The van der Waals surface area contributed by atoms with Crippen LogP contribution in [0.5, 0.6) is 0 Å². The molecule has 30 heavy (non-hydrogen) atoms. The molecular formula is C22H36IN5O2. The molecule has 7 nitrogen and oxygen atoms in total. The van der Waals surface area contributed by atoms with Gasteiger partial charge in [-0.1, -0.05) is 12.1 Å². The monoisotopic (exact) mass is 529 g/mol. The van der Waals surface area contributed by atoms with Crippen molar-refractivity contribution in [3.05, 3.63) is 29.3 Å². The topological polar surface area (TPSA) is 60.4 Å². The average Bonchev–Trinajstić information content (AvgIpc) is 3.23. The number of nitrogens with one attached hydrogen (secondary N) is 1. The van der Waals surface area contributed by atoms with E-state index in [1.165, 1.54) is 16.8 Å². The molecule has 0 aromatic heterocycles. The number of aliphatic imine (C=N–C) groups is 1. The van der Waals surface area contributed by atoms with Crippen LogP contribution >= 0.6 is 24.0 Å². The molecule has 2 saturated heterocycles. The van der Waals surface area contributed by atoms with E-state index in [2.05, 4.69) is 52.2 Å². The number of nitrogens with zero attached hydrogens (tertiary/aromatic N) is 4. The summed E-state index contributed by atoms with van der Waals surface area (Å²) in [6.45, 7) is 10.6. The number of halogens is 1. The SMILES string of the molecule is Cc1ccc(C)c(N2CCN(C(=NCC(=O)N(C)C)NCC3CCOC3)CC2)c1.I. The van der Waals surface area contributed by atoms with Crippen molar-refractivity contribution < 1.29 is 9.53 Å². The number of hydrogen-bond donors (Lipinski definition) is 1. The second-order valence-corrected chi connectivity index (χ2v) is 8.30. The van der Waals surface area contributed by atoms with E-state index in [4.69, 9.17) is 4.74 Å². The number of hydrogen-bond acceptors (Lipinski definition) is 4. The minimum atomic E-state index is 0. The first-order valence-corrected chi connectivity index (χ1v) is 10.6. The van der Waals surface area contributed by atoms with Gasteiger partial charge >= 0.3 is 0 Å². The molecule has 1 amide bonds. The molecular weight excluding hydrogens is 493 g/mol. The van der Waals surface area contributed by atoms with Gasteiger partial charge < -0.3 is 24.8 Å². The summed E-state index contributed by atoms with van der Waals surface area (Å²) in [5.41, 5.74) is 3.92. The summed E-state index contributed by atoms with van der Waals surface area (Å²) in [5, 5.41) is 3.51. The first kappa shape index (κ1) is 24.7. The fourth-order valence-electron chi connectivity index (χ4n) is 3.75. The van der Waals surface area contributed by atoms with Crippen LogP contribution in [0.25, 0.3) is 0 Å². The van der Waals surface area contributed by atoms with Crippen molar-refractivity contribution in [1.29, 1.82) is 0 Å². The van der Waals surface area contributed by atoms with Gasteiger partial charge in [0.05, 0.1) is 6.61 Å². The van der Waals surface area contributed by atoms with Gasteiger partial charge in [0.1, 0.15) is 6.54 Å². The molecule has 2 aliphatic heterocycles. The van der Waals surface area contributed by atoms with Crippen LogP contribution in [-0.2, 0) is 9.53 Å². The number of guanidine groups is 1. The smallest absolute Gasteiger partial charge is 0.243 e. The van der Waals surface area contributed by atoms with Crippen molar-refractivity contribution in [2.24, 2.45) is 10.9 Å². The van der Waals surface area contributed by atoms with Crippen molar-refractivity contribution in [2.45, 2.75) is 20.3 Å². The van der Waals surface area contributed by atoms with Crippen molar-refractivity contribution in [3.63, 3.8) is 0 Å². The number of ether oxygens (including phenoxy) is 1. The lowest BCUT2D eigenvalue weighted by Gasteiger charge is -2.38. The maximum absolute atomic E-state index is 12.0. The second kappa shape index (κ2) is 11.7. The van der Waals surface area contributed by atoms with Crippen LogP contribution in [0, 0.1) is 19.8 Å². The molecule has 2 aliphatic rings. The van der Waals surface area contributed by atoms with E-state index in [9.17, 15) is 4.79 Å². The van der Waals surface area contributed by atoms with Gasteiger partial charge in [-0.3, -0.25) is 4.79 Å². The Balaban J connectivity index is 0.00000320. The third-order valence-corrected chi connectivity index (χ3v) is 5.72. The zero-order valence-electron chi connectivity index (χ0n) is 18.7. The minimum absolute atomic E-state index is 0. The summed E-state index contributed by atoms with van der Waals surface area (Å²) in [7, 11) is 3.54. The molecule has 1 atom stereocenters. The Morgan fingerprint density at radius 1 is 1.23 bits per heavy atom. The van der Waals surface area contributed by atoms with Gasteiger partial charge in [-0.25, -0.2) is 4.99 Å². The normalized spacial score (nSPS) is 19.5. The maximum atomic E-state index is 12.0. The van der Waals surface area contributed by atoms with E-state index in [1.54, 1.807) is 19.0 Å². The van der Waals surface area contributed by atoms with Crippen LogP contribution in [0.1, 0.15) is 17.5 Å². The fourth-order valence-corrected chi connectivity index (χ4v) is 3.75. The molecule has 1 aromatic carbocycles. The van der Waals surface area contributed by atoms with Crippen LogP contribution in [0.4, 0.5) is 5.69 Å². The number of rotatable bonds is 5. The van der Waals surface area contributed by atoms with Gasteiger partial charge in [0, 0.05) is 65.0 Å². The lowest BCUT2D eigenvalue weighted by molar-refractivity contribution is -0.127. The van der Waals surface area contributed by atoms with Crippen molar-refractivity contribution in [1.82, 2.24) is 15.1 Å². The number of piperazine rings is 1. The molecule has 0 saturated carbocycles. The number of benzene rings is 1. The van der Waals surface area contributed by atoms with E-state index >= 15 is 0 Å². The zero-order chi connectivity index (χ0) is 20.8. The van der Waals surface area contributed by atoms with Crippen LogP contribution < -0.4 is 10.2 Å². The summed E-state index contributed by atoms with van der Waals surface area (Å²) in [6.07, 6.45) is 1.08. The predicted molar refractivity (Wildman–Crippen MR) is 133 cm³/mol. The van der Waals surface area contributed by atoms with Crippen molar-refractivity contribution >= 4 is 41.5 Å². The molecule has 1 unspecified atom stereocenters. The molecule has 0 radical (unpaired) electrons. The van der Waals surface area contributed by atoms with E-state index in [0.717, 1.165) is 58.3 Å². The number of aryl methyl sites for hydroxylation is 2. The first-order valence-electron chi connectivity index (χ1n) is 10.6. The molecule has 0 aliphatic carbocycles. The Bertz CT molecular complexity index is 726. The molecule has 1 aromatic rings. The number of anilines is 1. The summed E-state index contributed by atoms with van der Waals surface area (Å²) in [5.74, 6) is 1.37. The molecule has 8 heteroatoms. The highest BCUT2D eigenvalue weighted by molar-refractivity contribution is 14.0. The van der Waals surface area contributed by atoms with E-state index in [1.807, 2.05) is 0 Å². The Morgan fingerprint density at radius 2 is 1.97 bits per heavy atom.